The molecule has 1 unspecified atom stereocenters. The van der Waals surface area contributed by atoms with Crippen molar-refractivity contribution in [2.75, 3.05) is 13.7 Å². The summed E-state index contributed by atoms with van der Waals surface area (Å²) in [6.07, 6.45) is 21.8. The molecule has 28 heavy (non-hydrogen) atoms. The quantitative estimate of drug-likeness (QED) is 0.156. The van der Waals surface area contributed by atoms with Crippen LogP contribution < -0.4 is 0 Å². The fourth-order valence-electron chi connectivity index (χ4n) is 4.03. The maximum atomic E-state index is 12.6. The summed E-state index contributed by atoms with van der Waals surface area (Å²) in [5.41, 5.74) is 0. The minimum atomic E-state index is -3.37. The van der Waals surface area contributed by atoms with Crippen LogP contribution in [-0.2, 0) is 18.1 Å². The molecule has 0 N–H and O–H groups in total. The summed E-state index contributed by atoms with van der Waals surface area (Å²) in [5.74, 6) is 0.438. The minimum Gasteiger partial charge on any atom is -0.290 e. The Morgan fingerprint density at radius 1 is 0.786 bits per heavy atom. The molecule has 0 aromatic carbocycles. The van der Waals surface area contributed by atoms with E-state index in [1.54, 1.807) is 0 Å². The average molecular weight is 419 g/mol. The Bertz CT molecular complexity index is 402. The van der Waals surface area contributed by atoms with Gasteiger partial charge in [-0.05, 0) is 25.2 Å². The third kappa shape index (κ3) is 12.6. The SMILES string of the molecule is CCCCCCCCCCCCCCCCOP(=O)(OC)O[C@H]1CCC[C@H]1C. The fourth-order valence-corrected chi connectivity index (χ4v) is 5.28. The van der Waals surface area contributed by atoms with Crippen LogP contribution in [0.4, 0.5) is 0 Å². The van der Waals surface area contributed by atoms with Crippen LogP contribution in [0.5, 0.6) is 0 Å². The summed E-state index contributed by atoms with van der Waals surface area (Å²) in [6, 6.07) is 0. The Labute approximate surface area is 175 Å². The number of rotatable bonds is 19. The van der Waals surface area contributed by atoms with Crippen molar-refractivity contribution in [3.05, 3.63) is 0 Å². The lowest BCUT2D eigenvalue weighted by Gasteiger charge is -2.22. The van der Waals surface area contributed by atoms with Gasteiger partial charge < -0.3 is 0 Å². The van der Waals surface area contributed by atoms with E-state index in [-0.39, 0.29) is 6.10 Å². The van der Waals surface area contributed by atoms with Crippen molar-refractivity contribution in [3.8, 4) is 0 Å². The van der Waals surface area contributed by atoms with E-state index in [0.717, 1.165) is 32.1 Å². The zero-order valence-corrected chi connectivity index (χ0v) is 19.9. The van der Waals surface area contributed by atoms with E-state index in [1.807, 2.05) is 0 Å². The van der Waals surface area contributed by atoms with Gasteiger partial charge in [0, 0.05) is 7.11 Å². The molecule has 0 saturated heterocycles. The standard InChI is InChI=1S/C23H47O4P/c1-4-5-6-7-8-9-10-11-12-13-14-15-16-17-21-26-28(24,25-3)27-23-20-18-19-22(23)2/h22-23H,4-21H2,1-3H3/t22-,23+,28?/m1/s1. The number of hydrogen-bond donors (Lipinski definition) is 0. The van der Waals surface area contributed by atoms with Crippen LogP contribution in [-0.4, -0.2) is 19.8 Å². The molecule has 5 heteroatoms. The fraction of sp³-hybridized carbons (Fsp3) is 1.00. The Morgan fingerprint density at radius 3 is 1.71 bits per heavy atom. The van der Waals surface area contributed by atoms with Gasteiger partial charge in [-0.25, -0.2) is 4.57 Å². The highest BCUT2D eigenvalue weighted by Crippen LogP contribution is 2.52. The first kappa shape index (κ1) is 26.1. The maximum Gasteiger partial charge on any atom is 0.474 e. The van der Waals surface area contributed by atoms with Gasteiger partial charge in [0.1, 0.15) is 0 Å². The van der Waals surface area contributed by atoms with Crippen LogP contribution in [0.1, 0.15) is 123 Å². The van der Waals surface area contributed by atoms with E-state index in [1.165, 1.54) is 84.2 Å². The molecule has 1 fully saturated rings. The molecule has 0 radical (unpaired) electrons. The van der Waals surface area contributed by atoms with Gasteiger partial charge in [0.15, 0.2) is 0 Å². The summed E-state index contributed by atoms with van der Waals surface area (Å²) >= 11 is 0. The summed E-state index contributed by atoms with van der Waals surface area (Å²) in [5, 5.41) is 0. The van der Waals surface area contributed by atoms with Crippen LogP contribution in [0.3, 0.4) is 0 Å². The zero-order valence-electron chi connectivity index (χ0n) is 19.0. The van der Waals surface area contributed by atoms with Crippen molar-refractivity contribution in [2.24, 2.45) is 5.92 Å². The molecule has 0 aliphatic heterocycles. The summed E-state index contributed by atoms with van der Waals surface area (Å²) in [7, 11) is -1.95. The molecule has 0 bridgehead atoms. The lowest BCUT2D eigenvalue weighted by atomic mass is 10.0. The molecule has 0 aromatic rings. The van der Waals surface area contributed by atoms with Gasteiger partial charge in [-0.2, -0.15) is 0 Å². The number of hydrogen-bond acceptors (Lipinski definition) is 4. The molecular weight excluding hydrogens is 371 g/mol. The van der Waals surface area contributed by atoms with E-state index in [2.05, 4.69) is 13.8 Å². The third-order valence-electron chi connectivity index (χ3n) is 6.02. The van der Waals surface area contributed by atoms with Crippen LogP contribution in [0, 0.1) is 5.92 Å². The second-order valence-electron chi connectivity index (χ2n) is 8.61. The molecule has 0 spiro atoms. The number of unbranched alkanes of at least 4 members (excludes halogenated alkanes) is 13. The number of phosphoric ester groups is 1. The lowest BCUT2D eigenvalue weighted by molar-refractivity contribution is 0.0750. The Morgan fingerprint density at radius 2 is 1.29 bits per heavy atom. The van der Waals surface area contributed by atoms with Crippen LogP contribution in [0.25, 0.3) is 0 Å². The van der Waals surface area contributed by atoms with E-state index in [0.29, 0.717) is 12.5 Å². The second-order valence-corrected chi connectivity index (χ2v) is 10.3. The van der Waals surface area contributed by atoms with Gasteiger partial charge >= 0.3 is 7.82 Å². The van der Waals surface area contributed by atoms with Crippen molar-refractivity contribution in [1.29, 1.82) is 0 Å². The van der Waals surface area contributed by atoms with Crippen LogP contribution >= 0.6 is 7.82 Å². The molecule has 4 nitrogen and oxygen atoms in total. The van der Waals surface area contributed by atoms with E-state index in [4.69, 9.17) is 13.6 Å². The average Bonchev–Trinajstić information content (AvgIpc) is 3.09. The summed E-state index contributed by atoms with van der Waals surface area (Å²) in [6.45, 7) is 4.88. The highest BCUT2D eigenvalue weighted by Gasteiger charge is 2.34. The summed E-state index contributed by atoms with van der Waals surface area (Å²) in [4.78, 5) is 0. The topological polar surface area (TPSA) is 44.8 Å². The van der Waals surface area contributed by atoms with Gasteiger partial charge in [-0.3, -0.25) is 13.6 Å². The van der Waals surface area contributed by atoms with Crippen molar-refractivity contribution in [1.82, 2.24) is 0 Å². The largest absolute Gasteiger partial charge is 0.474 e. The molecule has 3 atom stereocenters. The molecule has 0 aromatic heterocycles. The molecule has 1 aliphatic carbocycles. The highest BCUT2D eigenvalue weighted by atomic mass is 31.2. The zero-order chi connectivity index (χ0) is 20.5. The predicted octanol–water partition coefficient (Wildman–Crippen LogP) is 8.44. The number of phosphoric acid groups is 1. The van der Waals surface area contributed by atoms with E-state index < -0.39 is 7.82 Å². The van der Waals surface area contributed by atoms with Gasteiger partial charge in [-0.1, -0.05) is 104 Å². The Hall–Kier alpha value is 0.110. The van der Waals surface area contributed by atoms with Crippen molar-refractivity contribution in [3.63, 3.8) is 0 Å². The minimum absolute atomic E-state index is 0.0159. The van der Waals surface area contributed by atoms with Gasteiger partial charge in [0.25, 0.3) is 0 Å². The monoisotopic (exact) mass is 418 g/mol. The van der Waals surface area contributed by atoms with E-state index >= 15 is 0 Å². The normalized spacial score (nSPS) is 21.8. The molecule has 1 saturated carbocycles. The Balaban J connectivity index is 1.89. The molecule has 0 amide bonds. The second kappa shape index (κ2) is 16.9. The molecular formula is C23H47O4P. The summed E-state index contributed by atoms with van der Waals surface area (Å²) < 4.78 is 28.8. The smallest absolute Gasteiger partial charge is 0.290 e. The molecule has 168 valence electrons. The third-order valence-corrected chi connectivity index (χ3v) is 7.49. The van der Waals surface area contributed by atoms with Crippen molar-refractivity contribution < 1.29 is 18.1 Å². The van der Waals surface area contributed by atoms with Crippen LogP contribution in [0.15, 0.2) is 0 Å². The predicted molar refractivity (Wildman–Crippen MR) is 119 cm³/mol. The van der Waals surface area contributed by atoms with Gasteiger partial charge in [0.05, 0.1) is 12.7 Å². The van der Waals surface area contributed by atoms with Crippen LogP contribution in [0.2, 0.25) is 0 Å². The molecule has 1 aliphatic rings. The van der Waals surface area contributed by atoms with Gasteiger partial charge in [-0.15, -0.1) is 0 Å². The van der Waals surface area contributed by atoms with Crippen molar-refractivity contribution in [2.45, 2.75) is 129 Å². The van der Waals surface area contributed by atoms with E-state index in [9.17, 15) is 4.57 Å². The van der Waals surface area contributed by atoms with Gasteiger partial charge in [0.2, 0.25) is 0 Å². The highest BCUT2D eigenvalue weighted by molar-refractivity contribution is 7.48. The Kier molecular flexibility index (Phi) is 15.7. The maximum absolute atomic E-state index is 12.6. The first-order valence-electron chi connectivity index (χ1n) is 12.1. The first-order chi connectivity index (χ1) is 13.6. The lowest BCUT2D eigenvalue weighted by Crippen LogP contribution is -2.15. The molecule has 1 rings (SSSR count). The first-order valence-corrected chi connectivity index (χ1v) is 13.6. The van der Waals surface area contributed by atoms with Crippen molar-refractivity contribution >= 4 is 7.82 Å². The molecule has 0 heterocycles.